The van der Waals surface area contributed by atoms with Crippen LogP contribution >= 0.6 is 0 Å². The zero-order chi connectivity index (χ0) is 16.5. The maximum Gasteiger partial charge on any atom is 0.163 e. The monoisotopic (exact) mass is 340 g/mol. The van der Waals surface area contributed by atoms with Crippen LogP contribution < -0.4 is 0 Å². The van der Waals surface area contributed by atoms with E-state index in [1.165, 1.54) is 0 Å². The van der Waals surface area contributed by atoms with Crippen LogP contribution in [0.2, 0.25) is 0 Å². The van der Waals surface area contributed by atoms with Gasteiger partial charge >= 0.3 is 0 Å². The van der Waals surface area contributed by atoms with Gasteiger partial charge in [-0.3, -0.25) is 4.21 Å². The zero-order valence-electron chi connectivity index (χ0n) is 13.7. The Labute approximate surface area is 143 Å². The fraction of sp³-hybridized carbons (Fsp3) is 0.389. The van der Waals surface area contributed by atoms with Gasteiger partial charge in [-0.1, -0.05) is 31.2 Å². The van der Waals surface area contributed by atoms with Crippen molar-refractivity contribution in [2.75, 3.05) is 11.5 Å². The van der Waals surface area contributed by atoms with E-state index in [4.69, 9.17) is 10.1 Å². The topological polar surface area (TPSA) is 60.7 Å². The molecule has 1 atom stereocenters. The van der Waals surface area contributed by atoms with Crippen molar-refractivity contribution in [3.8, 4) is 5.82 Å². The molecule has 1 aliphatic rings. The molecule has 124 valence electrons. The van der Waals surface area contributed by atoms with E-state index >= 15 is 0 Å². The summed E-state index contributed by atoms with van der Waals surface area (Å²) < 4.78 is 13.7. The molecule has 6 heteroatoms. The molecule has 0 saturated heterocycles. The van der Waals surface area contributed by atoms with E-state index in [1.807, 2.05) is 36.0 Å². The van der Waals surface area contributed by atoms with Crippen molar-refractivity contribution in [2.45, 2.75) is 32.1 Å². The second kappa shape index (κ2) is 6.43. The van der Waals surface area contributed by atoms with Gasteiger partial charge in [-0.05, 0) is 24.3 Å². The van der Waals surface area contributed by atoms with Crippen LogP contribution in [0.5, 0.6) is 0 Å². The van der Waals surface area contributed by atoms with Crippen molar-refractivity contribution in [1.82, 2.24) is 19.7 Å². The molecule has 3 aromatic rings. The van der Waals surface area contributed by atoms with Crippen LogP contribution in [0.3, 0.4) is 0 Å². The van der Waals surface area contributed by atoms with Gasteiger partial charge in [-0.15, -0.1) is 5.10 Å². The maximum absolute atomic E-state index is 11.8. The smallest absolute Gasteiger partial charge is 0.163 e. The highest BCUT2D eigenvalue weighted by Crippen LogP contribution is 2.38. The van der Waals surface area contributed by atoms with Gasteiger partial charge in [0.05, 0.1) is 0 Å². The molecule has 5 nitrogen and oxygen atoms in total. The Balaban J connectivity index is 1.79. The van der Waals surface area contributed by atoms with Crippen molar-refractivity contribution in [3.63, 3.8) is 0 Å². The average molecular weight is 340 g/mol. The molecule has 1 fully saturated rings. The molecule has 4 rings (SSSR count). The van der Waals surface area contributed by atoms with E-state index < -0.39 is 10.8 Å². The van der Waals surface area contributed by atoms with Crippen LogP contribution in [-0.4, -0.2) is 35.5 Å². The second-order valence-corrected chi connectivity index (χ2v) is 7.98. The number of benzene rings is 1. The van der Waals surface area contributed by atoms with Crippen molar-refractivity contribution in [3.05, 3.63) is 48.2 Å². The van der Waals surface area contributed by atoms with E-state index in [-0.39, 0.29) is 0 Å². The Morgan fingerprint density at radius 3 is 2.88 bits per heavy atom. The molecule has 1 aromatic carbocycles. The summed E-state index contributed by atoms with van der Waals surface area (Å²) in [7, 11) is -0.807. The van der Waals surface area contributed by atoms with Crippen LogP contribution in [0.1, 0.15) is 37.3 Å². The lowest BCUT2D eigenvalue weighted by Gasteiger charge is -2.08. The third-order valence-corrected chi connectivity index (χ3v) is 5.67. The first-order valence-electron chi connectivity index (χ1n) is 8.41. The van der Waals surface area contributed by atoms with Crippen LogP contribution in [0.4, 0.5) is 0 Å². The second-order valence-electron chi connectivity index (χ2n) is 6.11. The van der Waals surface area contributed by atoms with Crippen molar-refractivity contribution < 1.29 is 4.21 Å². The third-order valence-electron chi connectivity index (χ3n) is 4.36. The van der Waals surface area contributed by atoms with Gasteiger partial charge in [0.1, 0.15) is 5.82 Å². The predicted octanol–water partition coefficient (Wildman–Crippen LogP) is 3.00. The Hall–Kier alpha value is -2.08. The fourth-order valence-corrected chi connectivity index (χ4v) is 3.53. The summed E-state index contributed by atoms with van der Waals surface area (Å²) in [5.41, 5.74) is 0. The fourth-order valence-electron chi connectivity index (χ4n) is 2.83. The number of rotatable bonds is 6. The molecule has 24 heavy (non-hydrogen) atoms. The maximum atomic E-state index is 11.8. The van der Waals surface area contributed by atoms with Crippen molar-refractivity contribution >= 4 is 21.6 Å². The molecule has 2 heterocycles. The summed E-state index contributed by atoms with van der Waals surface area (Å²) >= 11 is 0. The molecule has 2 aromatic heterocycles. The molecule has 0 amide bonds. The zero-order valence-corrected chi connectivity index (χ0v) is 14.5. The van der Waals surface area contributed by atoms with Crippen LogP contribution in [0.25, 0.3) is 16.6 Å². The minimum atomic E-state index is -0.807. The first kappa shape index (κ1) is 15.4. The molecule has 1 unspecified atom stereocenters. The number of hydrogen-bond donors (Lipinski definition) is 0. The number of aryl methyl sites for hydroxylation is 1. The minimum Gasteiger partial charge on any atom is -0.260 e. The summed E-state index contributed by atoms with van der Waals surface area (Å²) in [6.07, 6.45) is 4.79. The van der Waals surface area contributed by atoms with E-state index in [0.29, 0.717) is 23.8 Å². The van der Waals surface area contributed by atoms with Crippen LogP contribution in [0.15, 0.2) is 36.5 Å². The summed E-state index contributed by atoms with van der Waals surface area (Å²) in [5, 5.41) is 6.93. The highest BCUT2D eigenvalue weighted by molar-refractivity contribution is 7.84. The van der Waals surface area contributed by atoms with Gasteiger partial charge in [-0.25, -0.2) is 9.97 Å². The lowest BCUT2D eigenvalue weighted by atomic mass is 10.1. The number of nitrogens with zero attached hydrogens (tertiary/aromatic N) is 4. The predicted molar refractivity (Wildman–Crippen MR) is 95.9 cm³/mol. The molecule has 0 bridgehead atoms. The van der Waals surface area contributed by atoms with Crippen LogP contribution in [-0.2, 0) is 17.2 Å². The summed E-state index contributed by atoms with van der Waals surface area (Å²) in [5.74, 6) is 4.35. The van der Waals surface area contributed by atoms with E-state index in [2.05, 4.69) is 17.1 Å². The molecule has 0 radical (unpaired) electrons. The minimum absolute atomic E-state index is 0.483. The first-order valence-corrected chi connectivity index (χ1v) is 9.90. The normalized spacial score (nSPS) is 15.7. The number of fused-ring (bicyclic) bond motifs is 1. The Kier molecular flexibility index (Phi) is 4.14. The average Bonchev–Trinajstić information content (AvgIpc) is 3.39. The van der Waals surface area contributed by atoms with E-state index in [0.717, 1.165) is 41.1 Å². The summed E-state index contributed by atoms with van der Waals surface area (Å²) in [6.45, 7) is 1.95. The first-order chi connectivity index (χ1) is 11.8. The van der Waals surface area contributed by atoms with Crippen LogP contribution in [0, 0.1) is 0 Å². The molecular formula is C18H20N4OS. The number of pyridine rings is 1. The molecule has 0 N–H and O–H groups in total. The largest absolute Gasteiger partial charge is 0.260 e. The highest BCUT2D eigenvalue weighted by Gasteiger charge is 2.29. The molecular weight excluding hydrogens is 320 g/mol. The van der Waals surface area contributed by atoms with Crippen molar-refractivity contribution in [1.29, 1.82) is 0 Å². The summed E-state index contributed by atoms with van der Waals surface area (Å²) in [4.78, 5) is 9.30. The molecule has 0 spiro atoms. The van der Waals surface area contributed by atoms with E-state index in [1.54, 1.807) is 0 Å². The molecule has 0 aliphatic heterocycles. The number of hydrogen-bond acceptors (Lipinski definition) is 4. The quantitative estimate of drug-likeness (QED) is 0.692. The molecule has 1 aliphatic carbocycles. The standard InChI is InChI=1S/C18H20N4OS/c1-2-24(23)12-10-16-20-17(14-7-8-14)21-22(16)18-15-6-4-3-5-13(15)9-11-19-18/h3-6,9,11,14H,2,7-8,10,12H2,1H3. The van der Waals surface area contributed by atoms with E-state index in [9.17, 15) is 4.21 Å². The summed E-state index contributed by atoms with van der Waals surface area (Å²) in [6, 6.07) is 10.2. The lowest BCUT2D eigenvalue weighted by Crippen LogP contribution is -2.10. The van der Waals surface area contributed by atoms with Gasteiger partial charge in [0.15, 0.2) is 11.6 Å². The molecule has 1 saturated carbocycles. The van der Waals surface area contributed by atoms with Crippen molar-refractivity contribution in [2.24, 2.45) is 0 Å². The van der Waals surface area contributed by atoms with Gasteiger partial charge in [-0.2, -0.15) is 4.68 Å². The lowest BCUT2D eigenvalue weighted by molar-refractivity contribution is 0.681. The Morgan fingerprint density at radius 2 is 2.08 bits per heavy atom. The SMILES string of the molecule is CCS(=O)CCc1nc(C2CC2)nn1-c1nccc2ccccc12. The number of aromatic nitrogens is 4. The third kappa shape index (κ3) is 2.98. The van der Waals surface area contributed by atoms with Gasteiger partial charge in [0.25, 0.3) is 0 Å². The van der Waals surface area contributed by atoms with Gasteiger partial charge in [0.2, 0.25) is 0 Å². The Bertz CT molecular complexity index is 896. The van der Waals surface area contributed by atoms with Gasteiger partial charge < -0.3 is 0 Å². The van der Waals surface area contributed by atoms with Gasteiger partial charge in [0, 0.05) is 46.2 Å². The Morgan fingerprint density at radius 1 is 1.25 bits per heavy atom. The highest BCUT2D eigenvalue weighted by atomic mass is 32.2.